The van der Waals surface area contributed by atoms with Gasteiger partial charge in [0.05, 0.1) is 18.3 Å². The maximum absolute atomic E-state index is 11.7. The predicted octanol–water partition coefficient (Wildman–Crippen LogP) is 3.68. The van der Waals surface area contributed by atoms with E-state index < -0.39 is 11.2 Å². The van der Waals surface area contributed by atoms with Crippen molar-refractivity contribution in [2.45, 2.75) is 96.6 Å². The van der Waals surface area contributed by atoms with Gasteiger partial charge < -0.3 is 19.7 Å². The number of aliphatic hydroxyl groups is 2. The molecule has 0 aromatic rings. The monoisotopic (exact) mass is 380 g/mol. The number of fused-ring (bicyclic) bond motifs is 2. The first-order chi connectivity index (χ1) is 12.6. The number of aliphatic hydroxyl groups excluding tert-OH is 1. The number of rotatable bonds is 3. The summed E-state index contributed by atoms with van der Waals surface area (Å²) in [6.07, 6.45) is 8.51. The van der Waals surface area contributed by atoms with Gasteiger partial charge in [0, 0.05) is 12.8 Å². The van der Waals surface area contributed by atoms with Gasteiger partial charge in [-0.15, -0.1) is 0 Å². The minimum Gasteiger partial charge on any atom is -0.459 e. The maximum atomic E-state index is 11.7. The Morgan fingerprint density at radius 2 is 2.04 bits per heavy atom. The average Bonchev–Trinajstić information content (AvgIpc) is 2.57. The van der Waals surface area contributed by atoms with Gasteiger partial charge in [-0.25, -0.2) is 0 Å². The van der Waals surface area contributed by atoms with E-state index in [1.807, 2.05) is 6.92 Å². The van der Waals surface area contributed by atoms with Crippen LogP contribution in [0.5, 0.6) is 0 Å². The summed E-state index contributed by atoms with van der Waals surface area (Å²) in [6.45, 7) is 9.00. The van der Waals surface area contributed by atoms with Crippen molar-refractivity contribution >= 4 is 5.97 Å². The van der Waals surface area contributed by atoms with Gasteiger partial charge in [0.25, 0.3) is 0 Å². The molecule has 0 radical (unpaired) electrons. The van der Waals surface area contributed by atoms with Crippen LogP contribution in [-0.4, -0.2) is 46.2 Å². The van der Waals surface area contributed by atoms with Gasteiger partial charge >= 0.3 is 5.97 Å². The van der Waals surface area contributed by atoms with E-state index in [1.165, 1.54) is 18.1 Å². The molecule has 0 amide bonds. The lowest BCUT2D eigenvalue weighted by molar-refractivity contribution is -0.219. The highest BCUT2D eigenvalue weighted by Gasteiger charge is 2.49. The highest BCUT2D eigenvalue weighted by molar-refractivity contribution is 5.66. The minimum absolute atomic E-state index is 0.205. The van der Waals surface area contributed by atoms with Crippen LogP contribution in [0.2, 0.25) is 0 Å². The molecule has 5 nitrogen and oxygen atoms in total. The zero-order chi connectivity index (χ0) is 20.2. The van der Waals surface area contributed by atoms with Crippen molar-refractivity contribution in [1.82, 2.24) is 0 Å². The summed E-state index contributed by atoms with van der Waals surface area (Å²) in [6, 6.07) is 0. The van der Waals surface area contributed by atoms with Crippen molar-refractivity contribution in [2.24, 2.45) is 5.92 Å². The van der Waals surface area contributed by atoms with Crippen LogP contribution in [0.1, 0.15) is 73.1 Å². The average molecular weight is 381 g/mol. The molecule has 1 fully saturated rings. The molecule has 2 aliphatic rings. The molecule has 2 aliphatic heterocycles. The fourth-order valence-electron chi connectivity index (χ4n) is 4.29. The third-order valence-corrected chi connectivity index (χ3v) is 6.14. The SMILES string of the molecule is CC(=O)O[C@H]1CC/C(C)=C/CC/C(C)=C/[C@H]2O[C@]1(C)CC[C@@H]2[C@](C)(O)CO. The molecule has 0 aromatic carbocycles. The minimum atomic E-state index is -1.22. The van der Waals surface area contributed by atoms with Crippen LogP contribution in [0.3, 0.4) is 0 Å². The second-order valence-electron chi connectivity index (χ2n) is 8.79. The lowest BCUT2D eigenvalue weighted by atomic mass is 9.74. The second kappa shape index (κ2) is 8.89. The van der Waals surface area contributed by atoms with Crippen LogP contribution < -0.4 is 0 Å². The van der Waals surface area contributed by atoms with E-state index in [0.29, 0.717) is 12.8 Å². The Morgan fingerprint density at radius 3 is 2.67 bits per heavy atom. The largest absolute Gasteiger partial charge is 0.459 e. The number of ether oxygens (including phenoxy) is 2. The van der Waals surface area contributed by atoms with Crippen LogP contribution in [0.25, 0.3) is 0 Å². The molecule has 5 atom stereocenters. The van der Waals surface area contributed by atoms with E-state index in [4.69, 9.17) is 9.47 Å². The third kappa shape index (κ3) is 5.66. The molecule has 2 heterocycles. The molecule has 0 saturated carbocycles. The predicted molar refractivity (Wildman–Crippen MR) is 105 cm³/mol. The topological polar surface area (TPSA) is 76.0 Å². The summed E-state index contributed by atoms with van der Waals surface area (Å²) in [5.41, 5.74) is 0.677. The van der Waals surface area contributed by atoms with E-state index in [1.54, 1.807) is 6.92 Å². The number of hydrogen-bond acceptors (Lipinski definition) is 5. The second-order valence-corrected chi connectivity index (χ2v) is 8.79. The molecule has 2 N–H and O–H groups in total. The van der Waals surface area contributed by atoms with Crippen molar-refractivity contribution < 1.29 is 24.5 Å². The van der Waals surface area contributed by atoms with Crippen LogP contribution >= 0.6 is 0 Å². The summed E-state index contributed by atoms with van der Waals surface area (Å²) in [7, 11) is 0. The van der Waals surface area contributed by atoms with Crippen molar-refractivity contribution in [3.05, 3.63) is 23.3 Å². The Balaban J connectivity index is 2.40. The van der Waals surface area contributed by atoms with Crippen LogP contribution in [0, 0.1) is 5.92 Å². The van der Waals surface area contributed by atoms with Gasteiger partial charge in [0.15, 0.2) is 0 Å². The normalized spacial score (nSPS) is 38.9. The molecule has 2 bridgehead atoms. The fourth-order valence-corrected chi connectivity index (χ4v) is 4.29. The Kier molecular flexibility index (Phi) is 7.28. The Morgan fingerprint density at radius 1 is 1.33 bits per heavy atom. The van der Waals surface area contributed by atoms with Gasteiger partial charge in [-0.3, -0.25) is 4.79 Å². The van der Waals surface area contributed by atoms with Crippen LogP contribution in [-0.2, 0) is 14.3 Å². The van der Waals surface area contributed by atoms with Gasteiger partial charge in [0.2, 0.25) is 0 Å². The first-order valence-corrected chi connectivity index (χ1v) is 10.1. The molecule has 0 aliphatic carbocycles. The van der Waals surface area contributed by atoms with Crippen molar-refractivity contribution in [1.29, 1.82) is 0 Å². The molecule has 27 heavy (non-hydrogen) atoms. The number of carbonyl (C=O) groups is 1. The zero-order valence-electron chi connectivity index (χ0n) is 17.5. The maximum Gasteiger partial charge on any atom is 0.303 e. The molecule has 154 valence electrons. The number of esters is 1. The molecular weight excluding hydrogens is 344 g/mol. The summed E-state index contributed by atoms with van der Waals surface area (Å²) in [5, 5.41) is 20.4. The first kappa shape index (κ1) is 22.1. The molecule has 5 heteroatoms. The molecular formula is C22H36O5. The zero-order valence-corrected chi connectivity index (χ0v) is 17.5. The summed E-state index contributed by atoms with van der Waals surface area (Å²) >= 11 is 0. The van der Waals surface area contributed by atoms with E-state index >= 15 is 0 Å². The number of allylic oxidation sites excluding steroid dienone is 3. The third-order valence-electron chi connectivity index (χ3n) is 6.14. The van der Waals surface area contributed by atoms with Crippen molar-refractivity contribution in [2.75, 3.05) is 6.61 Å². The summed E-state index contributed by atoms with van der Waals surface area (Å²) in [5.74, 6) is -0.505. The highest BCUT2D eigenvalue weighted by atomic mass is 16.6. The quantitative estimate of drug-likeness (QED) is 0.577. The van der Waals surface area contributed by atoms with Gasteiger partial charge in [-0.2, -0.15) is 0 Å². The summed E-state index contributed by atoms with van der Waals surface area (Å²) in [4.78, 5) is 11.7. The van der Waals surface area contributed by atoms with E-state index in [2.05, 4.69) is 26.0 Å². The van der Waals surface area contributed by atoms with Crippen LogP contribution in [0.15, 0.2) is 23.3 Å². The lowest BCUT2D eigenvalue weighted by Crippen LogP contribution is -2.56. The lowest BCUT2D eigenvalue weighted by Gasteiger charge is -2.49. The Labute approximate surface area is 163 Å². The van der Waals surface area contributed by atoms with Gasteiger partial charge in [-0.1, -0.05) is 23.3 Å². The van der Waals surface area contributed by atoms with Gasteiger partial charge in [0.1, 0.15) is 11.7 Å². The van der Waals surface area contributed by atoms with Crippen LogP contribution in [0.4, 0.5) is 0 Å². The summed E-state index contributed by atoms with van der Waals surface area (Å²) < 4.78 is 12.2. The van der Waals surface area contributed by atoms with E-state index in [-0.39, 0.29) is 30.7 Å². The van der Waals surface area contributed by atoms with E-state index in [0.717, 1.165) is 25.7 Å². The molecule has 0 spiro atoms. The smallest absolute Gasteiger partial charge is 0.303 e. The Bertz CT molecular complexity index is 592. The first-order valence-electron chi connectivity index (χ1n) is 10.1. The molecule has 0 unspecified atom stereocenters. The molecule has 0 aromatic heterocycles. The fraction of sp³-hybridized carbons (Fsp3) is 0.773. The van der Waals surface area contributed by atoms with Crippen molar-refractivity contribution in [3.63, 3.8) is 0 Å². The molecule has 2 rings (SSSR count). The molecule has 1 saturated heterocycles. The standard InChI is InChI=1S/C22H36O5/c1-15-7-6-8-16(2)13-19-18(21(4,25)14-23)11-12-22(5,27-19)20(10-9-15)26-17(3)24/h7,13,18-20,23,25H,6,8-12,14H2,1-5H3/b15-7+,16-13+/t18-,19+,20-,21+,22+/m0/s1. The van der Waals surface area contributed by atoms with E-state index in [9.17, 15) is 15.0 Å². The Hall–Kier alpha value is -1.17. The van der Waals surface area contributed by atoms with Gasteiger partial charge in [-0.05, 0) is 66.2 Å². The highest BCUT2D eigenvalue weighted by Crippen LogP contribution is 2.42. The number of carbonyl (C=O) groups excluding carboxylic acids is 1. The number of hydrogen-bond donors (Lipinski definition) is 2. The van der Waals surface area contributed by atoms with Crippen molar-refractivity contribution in [3.8, 4) is 0 Å².